The summed E-state index contributed by atoms with van der Waals surface area (Å²) in [4.78, 5) is 0. The lowest BCUT2D eigenvalue weighted by Crippen LogP contribution is -2.38. The Hall–Kier alpha value is -0.860. The van der Waals surface area contributed by atoms with E-state index in [2.05, 4.69) is 43.4 Å². The Balaban J connectivity index is 2.09. The van der Waals surface area contributed by atoms with Gasteiger partial charge in [-0.1, -0.05) is 45.0 Å². The molecule has 100 valence electrons. The van der Waals surface area contributed by atoms with Crippen LogP contribution in [0.15, 0.2) is 24.3 Å². The molecule has 18 heavy (non-hydrogen) atoms. The molecule has 0 aliphatic heterocycles. The van der Waals surface area contributed by atoms with Gasteiger partial charge in [0.05, 0.1) is 0 Å². The van der Waals surface area contributed by atoms with Gasteiger partial charge < -0.3 is 10.4 Å². The van der Waals surface area contributed by atoms with Crippen LogP contribution < -0.4 is 5.32 Å². The molecule has 1 unspecified atom stereocenters. The molecule has 0 aromatic heterocycles. The molecule has 0 bridgehead atoms. The lowest BCUT2D eigenvalue weighted by molar-refractivity contribution is 0.0323. The normalized spacial score (nSPS) is 18.9. The average molecular weight is 247 g/mol. The molecule has 1 aromatic rings. The molecule has 1 atom stereocenters. The van der Waals surface area contributed by atoms with Crippen LogP contribution in [0.25, 0.3) is 0 Å². The molecule has 1 saturated carbocycles. The van der Waals surface area contributed by atoms with Crippen molar-refractivity contribution in [2.45, 2.75) is 57.6 Å². The topological polar surface area (TPSA) is 32.3 Å². The van der Waals surface area contributed by atoms with Crippen LogP contribution in [0.3, 0.4) is 0 Å². The van der Waals surface area contributed by atoms with Gasteiger partial charge in [-0.05, 0) is 36.3 Å². The van der Waals surface area contributed by atoms with Crippen LogP contribution in [-0.4, -0.2) is 17.7 Å². The van der Waals surface area contributed by atoms with Crippen LogP contribution in [0.1, 0.15) is 57.1 Å². The third kappa shape index (κ3) is 3.12. The maximum Gasteiger partial charge on any atom is 0.102 e. The van der Waals surface area contributed by atoms with E-state index in [9.17, 15) is 5.11 Å². The average Bonchev–Trinajstić information content (AvgIpc) is 3.20. The quantitative estimate of drug-likeness (QED) is 0.809. The van der Waals surface area contributed by atoms with Gasteiger partial charge in [0, 0.05) is 12.6 Å². The number of benzene rings is 1. The highest BCUT2D eigenvalue weighted by Crippen LogP contribution is 2.28. The summed E-state index contributed by atoms with van der Waals surface area (Å²) < 4.78 is 0. The van der Waals surface area contributed by atoms with E-state index in [0.717, 1.165) is 12.0 Å². The smallest absolute Gasteiger partial charge is 0.102 e. The summed E-state index contributed by atoms with van der Waals surface area (Å²) in [5.41, 5.74) is 1.63. The van der Waals surface area contributed by atoms with Gasteiger partial charge in [-0.15, -0.1) is 0 Å². The highest BCUT2D eigenvalue weighted by Gasteiger charge is 2.30. The van der Waals surface area contributed by atoms with Gasteiger partial charge >= 0.3 is 0 Å². The first-order valence-electron chi connectivity index (χ1n) is 7.11. The van der Waals surface area contributed by atoms with E-state index >= 15 is 0 Å². The van der Waals surface area contributed by atoms with E-state index < -0.39 is 5.60 Å². The minimum absolute atomic E-state index is 0.540. The predicted molar refractivity (Wildman–Crippen MR) is 75.7 cm³/mol. The number of aliphatic hydroxyl groups is 1. The molecular weight excluding hydrogens is 222 g/mol. The number of nitrogens with one attached hydrogen (secondary N) is 1. The van der Waals surface area contributed by atoms with Crippen molar-refractivity contribution in [1.29, 1.82) is 0 Å². The molecule has 2 heteroatoms. The van der Waals surface area contributed by atoms with Crippen LogP contribution in [-0.2, 0) is 5.60 Å². The van der Waals surface area contributed by atoms with Gasteiger partial charge in [0.15, 0.2) is 0 Å². The fourth-order valence-electron chi connectivity index (χ4n) is 2.21. The fraction of sp³-hybridized carbons (Fsp3) is 0.625. The van der Waals surface area contributed by atoms with E-state index in [-0.39, 0.29) is 0 Å². The van der Waals surface area contributed by atoms with Crippen molar-refractivity contribution in [3.8, 4) is 0 Å². The lowest BCUT2D eigenvalue weighted by Gasteiger charge is -2.28. The van der Waals surface area contributed by atoms with Gasteiger partial charge in [-0.3, -0.25) is 0 Å². The molecule has 2 N–H and O–H groups in total. The highest BCUT2D eigenvalue weighted by molar-refractivity contribution is 5.29. The largest absolute Gasteiger partial charge is 0.384 e. The summed E-state index contributed by atoms with van der Waals surface area (Å²) in [6, 6.07) is 9.06. The van der Waals surface area contributed by atoms with Crippen molar-refractivity contribution >= 4 is 0 Å². The molecule has 0 heterocycles. The van der Waals surface area contributed by atoms with E-state index in [4.69, 9.17) is 0 Å². The van der Waals surface area contributed by atoms with Gasteiger partial charge in [-0.25, -0.2) is 0 Å². The van der Waals surface area contributed by atoms with Gasteiger partial charge in [0.2, 0.25) is 0 Å². The first-order valence-corrected chi connectivity index (χ1v) is 7.11. The molecule has 1 aliphatic rings. The van der Waals surface area contributed by atoms with Crippen LogP contribution >= 0.6 is 0 Å². The van der Waals surface area contributed by atoms with Gasteiger partial charge in [0.1, 0.15) is 5.60 Å². The Labute approximate surface area is 110 Å². The van der Waals surface area contributed by atoms with E-state index in [0.29, 0.717) is 18.5 Å². The first-order chi connectivity index (χ1) is 8.55. The number of hydrogen-bond donors (Lipinski definition) is 2. The van der Waals surface area contributed by atoms with Crippen LogP contribution in [0.5, 0.6) is 0 Å². The van der Waals surface area contributed by atoms with Crippen molar-refractivity contribution in [1.82, 2.24) is 5.32 Å². The Bertz CT molecular complexity index is 381. The van der Waals surface area contributed by atoms with Crippen molar-refractivity contribution in [2.24, 2.45) is 0 Å². The molecule has 2 rings (SSSR count). The van der Waals surface area contributed by atoms with Crippen LogP contribution in [0.4, 0.5) is 0 Å². The van der Waals surface area contributed by atoms with Gasteiger partial charge in [-0.2, -0.15) is 0 Å². The molecule has 0 spiro atoms. The maximum atomic E-state index is 10.7. The molecule has 0 radical (unpaired) electrons. The second-order valence-electron chi connectivity index (χ2n) is 5.82. The summed E-state index contributed by atoms with van der Waals surface area (Å²) >= 11 is 0. The molecule has 0 amide bonds. The van der Waals surface area contributed by atoms with Crippen molar-refractivity contribution in [2.75, 3.05) is 6.54 Å². The molecule has 1 aliphatic carbocycles. The zero-order chi connectivity index (χ0) is 13.2. The van der Waals surface area contributed by atoms with E-state index in [1.807, 2.05) is 6.92 Å². The van der Waals surface area contributed by atoms with Crippen molar-refractivity contribution < 1.29 is 5.11 Å². The molecule has 1 aromatic carbocycles. The summed E-state index contributed by atoms with van der Waals surface area (Å²) in [7, 11) is 0. The zero-order valence-electron chi connectivity index (χ0n) is 11.7. The molecule has 0 saturated heterocycles. The van der Waals surface area contributed by atoms with Crippen LogP contribution in [0, 0.1) is 0 Å². The minimum atomic E-state index is -0.724. The standard InChI is InChI=1S/C16H25NO/c1-4-16(18,11-17-15-9-10-15)14-7-5-13(6-8-14)12(2)3/h5-8,12,15,17-18H,4,9-11H2,1-3H3. The third-order valence-electron chi connectivity index (χ3n) is 3.96. The van der Waals surface area contributed by atoms with Crippen LogP contribution in [0.2, 0.25) is 0 Å². The predicted octanol–water partition coefficient (Wildman–Crippen LogP) is 3.16. The zero-order valence-corrected chi connectivity index (χ0v) is 11.7. The summed E-state index contributed by atoms with van der Waals surface area (Å²) in [5, 5.41) is 14.2. The number of rotatable bonds is 6. The maximum absolute atomic E-state index is 10.7. The Kier molecular flexibility index (Phi) is 4.08. The Morgan fingerprint density at radius 3 is 2.33 bits per heavy atom. The molecular formula is C16H25NO. The SMILES string of the molecule is CCC(O)(CNC1CC1)c1ccc(C(C)C)cc1. The summed E-state index contributed by atoms with van der Waals surface area (Å²) in [6.45, 7) is 7.09. The fourth-order valence-corrected chi connectivity index (χ4v) is 2.21. The van der Waals surface area contributed by atoms with E-state index in [1.165, 1.54) is 18.4 Å². The molecule has 1 fully saturated rings. The highest BCUT2D eigenvalue weighted by atomic mass is 16.3. The number of hydrogen-bond acceptors (Lipinski definition) is 2. The third-order valence-corrected chi connectivity index (χ3v) is 3.96. The van der Waals surface area contributed by atoms with Crippen molar-refractivity contribution in [3.63, 3.8) is 0 Å². The molecule has 2 nitrogen and oxygen atoms in total. The summed E-state index contributed by atoms with van der Waals surface area (Å²) in [6.07, 6.45) is 3.26. The minimum Gasteiger partial charge on any atom is -0.384 e. The summed E-state index contributed by atoms with van der Waals surface area (Å²) in [5.74, 6) is 0.540. The van der Waals surface area contributed by atoms with Crippen molar-refractivity contribution in [3.05, 3.63) is 35.4 Å². The Morgan fingerprint density at radius 2 is 1.89 bits per heavy atom. The first kappa shape index (κ1) is 13.6. The second-order valence-corrected chi connectivity index (χ2v) is 5.82. The van der Waals surface area contributed by atoms with Gasteiger partial charge in [0.25, 0.3) is 0 Å². The second kappa shape index (κ2) is 5.41. The van der Waals surface area contributed by atoms with E-state index in [1.54, 1.807) is 0 Å². The monoisotopic (exact) mass is 247 g/mol. The Morgan fingerprint density at radius 1 is 1.28 bits per heavy atom. The lowest BCUT2D eigenvalue weighted by atomic mass is 9.89.